The van der Waals surface area contributed by atoms with Crippen LogP contribution in [0.25, 0.3) is 0 Å². The predicted molar refractivity (Wildman–Crippen MR) is 74.4 cm³/mol. The zero-order valence-electron chi connectivity index (χ0n) is 10.8. The van der Waals surface area contributed by atoms with Crippen molar-refractivity contribution in [3.63, 3.8) is 0 Å². The molecule has 0 fully saturated rings. The fourth-order valence-electron chi connectivity index (χ4n) is 1.93. The van der Waals surface area contributed by atoms with Gasteiger partial charge >= 0.3 is 0 Å². The Morgan fingerprint density at radius 1 is 1.42 bits per heavy atom. The van der Waals surface area contributed by atoms with E-state index in [2.05, 4.69) is 10.1 Å². The van der Waals surface area contributed by atoms with Gasteiger partial charge in [-0.25, -0.2) is 0 Å². The average Bonchev–Trinajstić information content (AvgIpc) is 2.79. The van der Waals surface area contributed by atoms with Crippen LogP contribution < -0.4 is 0 Å². The third kappa shape index (κ3) is 3.41. The molecular weight excluding hydrogens is 262 g/mol. The zero-order chi connectivity index (χ0) is 13.7. The van der Waals surface area contributed by atoms with Crippen molar-refractivity contribution in [2.45, 2.75) is 32.7 Å². The van der Waals surface area contributed by atoms with Crippen LogP contribution in [0.4, 0.5) is 0 Å². The molecule has 0 aliphatic heterocycles. The molecule has 4 nitrogen and oxygen atoms in total. The number of rotatable bonds is 6. The number of hydrogen-bond acceptors (Lipinski definition) is 3. The quantitative estimate of drug-likeness (QED) is 0.762. The fraction of sp³-hybridized carbons (Fsp3) is 0.357. The van der Waals surface area contributed by atoms with E-state index in [1.165, 1.54) is 6.20 Å². The van der Waals surface area contributed by atoms with E-state index in [1.807, 2.05) is 25.1 Å². The van der Waals surface area contributed by atoms with Crippen LogP contribution in [0.5, 0.6) is 0 Å². The van der Waals surface area contributed by atoms with Gasteiger partial charge in [0.15, 0.2) is 5.78 Å². The van der Waals surface area contributed by atoms with Crippen LogP contribution in [0, 0.1) is 0 Å². The topological polar surface area (TPSA) is 47.8 Å². The number of Topliss-reactive ketones (excluding diaryl/α,β-unsaturated/α-hetero) is 1. The molecule has 0 aliphatic rings. The first-order chi connectivity index (χ1) is 9.22. The molecule has 0 aliphatic carbocycles. The van der Waals surface area contributed by atoms with Gasteiger partial charge in [0.05, 0.1) is 11.2 Å². The summed E-state index contributed by atoms with van der Waals surface area (Å²) in [7, 11) is 0. The van der Waals surface area contributed by atoms with Crippen LogP contribution in [-0.4, -0.2) is 20.5 Å². The minimum Gasteiger partial charge on any atom is -0.292 e. The molecule has 0 bridgehead atoms. The maximum absolute atomic E-state index is 12.2. The molecular formula is C14H16ClN3O. The number of pyridine rings is 1. The number of aromatic nitrogens is 3. The van der Waals surface area contributed by atoms with Crippen LogP contribution in [0.1, 0.15) is 35.9 Å². The molecule has 0 saturated heterocycles. The Balaban J connectivity index is 2.06. The number of hydrogen-bond donors (Lipinski definition) is 0. The summed E-state index contributed by atoms with van der Waals surface area (Å²) in [5, 5.41) is 4.56. The van der Waals surface area contributed by atoms with Crippen molar-refractivity contribution in [3.05, 3.63) is 47.0 Å². The SMILES string of the molecule is CCCn1ncc(Cl)c1C(=O)CCc1ccccn1. The lowest BCUT2D eigenvalue weighted by Crippen LogP contribution is -2.12. The van der Waals surface area contributed by atoms with Crippen molar-refractivity contribution in [1.29, 1.82) is 0 Å². The number of ketones is 1. The molecule has 0 saturated carbocycles. The van der Waals surface area contributed by atoms with Gasteiger partial charge in [-0.05, 0) is 25.0 Å². The minimum absolute atomic E-state index is 0.0154. The summed E-state index contributed by atoms with van der Waals surface area (Å²) in [6.45, 7) is 2.75. The van der Waals surface area contributed by atoms with E-state index >= 15 is 0 Å². The molecule has 0 aromatic carbocycles. The van der Waals surface area contributed by atoms with Crippen LogP contribution in [0.15, 0.2) is 30.6 Å². The highest BCUT2D eigenvalue weighted by atomic mass is 35.5. The second-order valence-corrected chi connectivity index (χ2v) is 4.72. The van der Waals surface area contributed by atoms with E-state index in [1.54, 1.807) is 10.9 Å². The van der Waals surface area contributed by atoms with Gasteiger partial charge in [-0.1, -0.05) is 24.6 Å². The molecule has 100 valence electrons. The highest BCUT2D eigenvalue weighted by Crippen LogP contribution is 2.18. The summed E-state index contributed by atoms with van der Waals surface area (Å²) in [5.74, 6) is 0.0154. The van der Waals surface area contributed by atoms with Gasteiger partial charge in [-0.15, -0.1) is 0 Å². The van der Waals surface area contributed by atoms with Gasteiger partial charge in [0.2, 0.25) is 0 Å². The lowest BCUT2D eigenvalue weighted by Gasteiger charge is -2.05. The largest absolute Gasteiger partial charge is 0.292 e. The summed E-state index contributed by atoms with van der Waals surface area (Å²) < 4.78 is 1.68. The Kier molecular flexibility index (Phi) is 4.68. The Morgan fingerprint density at radius 2 is 2.26 bits per heavy atom. The number of nitrogens with zero attached hydrogens (tertiary/aromatic N) is 3. The van der Waals surface area contributed by atoms with Gasteiger partial charge in [0, 0.05) is 24.9 Å². The second-order valence-electron chi connectivity index (χ2n) is 4.31. The number of carbonyl (C=O) groups excluding carboxylic acids is 1. The van der Waals surface area contributed by atoms with Gasteiger partial charge in [0.1, 0.15) is 5.69 Å². The van der Waals surface area contributed by atoms with Gasteiger partial charge in [-0.3, -0.25) is 14.5 Å². The summed E-state index contributed by atoms with van der Waals surface area (Å²) in [6.07, 6.45) is 5.19. The van der Waals surface area contributed by atoms with Gasteiger partial charge < -0.3 is 0 Å². The maximum atomic E-state index is 12.2. The highest BCUT2D eigenvalue weighted by Gasteiger charge is 2.16. The Hall–Kier alpha value is -1.68. The molecule has 0 atom stereocenters. The van der Waals surface area contributed by atoms with Crippen molar-refractivity contribution in [3.8, 4) is 0 Å². The molecule has 19 heavy (non-hydrogen) atoms. The van der Waals surface area contributed by atoms with E-state index in [0.717, 1.165) is 12.1 Å². The fourth-order valence-corrected chi connectivity index (χ4v) is 2.17. The van der Waals surface area contributed by atoms with Crippen molar-refractivity contribution in [1.82, 2.24) is 14.8 Å². The molecule has 0 radical (unpaired) electrons. The lowest BCUT2D eigenvalue weighted by molar-refractivity contribution is 0.0972. The third-order valence-corrected chi connectivity index (χ3v) is 3.11. The van der Waals surface area contributed by atoms with Crippen molar-refractivity contribution in [2.75, 3.05) is 0 Å². The lowest BCUT2D eigenvalue weighted by atomic mass is 10.1. The summed E-state index contributed by atoms with van der Waals surface area (Å²) in [6, 6.07) is 5.69. The number of carbonyl (C=O) groups is 1. The van der Waals surface area contributed by atoms with E-state index in [0.29, 0.717) is 30.1 Å². The molecule has 0 unspecified atom stereocenters. The standard InChI is InChI=1S/C14H16ClN3O/c1-2-9-18-14(12(15)10-17-18)13(19)7-6-11-5-3-4-8-16-11/h3-5,8,10H,2,6-7,9H2,1H3. The summed E-state index contributed by atoms with van der Waals surface area (Å²) in [5.41, 5.74) is 1.42. The van der Waals surface area contributed by atoms with Crippen molar-refractivity contribution in [2.24, 2.45) is 0 Å². The summed E-state index contributed by atoms with van der Waals surface area (Å²) >= 11 is 6.04. The van der Waals surface area contributed by atoms with Crippen molar-refractivity contribution >= 4 is 17.4 Å². The first-order valence-corrected chi connectivity index (χ1v) is 6.74. The van der Waals surface area contributed by atoms with E-state index in [4.69, 9.17) is 11.6 Å². The molecule has 0 N–H and O–H groups in total. The van der Waals surface area contributed by atoms with Crippen molar-refractivity contribution < 1.29 is 4.79 Å². The van der Waals surface area contributed by atoms with Gasteiger partial charge in [-0.2, -0.15) is 5.10 Å². The van der Waals surface area contributed by atoms with E-state index < -0.39 is 0 Å². The number of aryl methyl sites for hydroxylation is 2. The molecule has 2 aromatic rings. The molecule has 2 aromatic heterocycles. The molecule has 2 rings (SSSR count). The van der Waals surface area contributed by atoms with E-state index in [-0.39, 0.29) is 5.78 Å². The van der Waals surface area contributed by atoms with Crippen LogP contribution in [0.3, 0.4) is 0 Å². The molecule has 5 heteroatoms. The highest BCUT2D eigenvalue weighted by molar-refractivity contribution is 6.33. The monoisotopic (exact) mass is 277 g/mol. The normalized spacial score (nSPS) is 10.6. The Bertz CT molecular complexity index is 551. The molecule has 0 spiro atoms. The average molecular weight is 278 g/mol. The Labute approximate surface area is 117 Å². The first-order valence-electron chi connectivity index (χ1n) is 6.36. The zero-order valence-corrected chi connectivity index (χ0v) is 11.6. The predicted octanol–water partition coefficient (Wildman–Crippen LogP) is 3.16. The second kappa shape index (κ2) is 6.48. The minimum atomic E-state index is 0.0154. The van der Waals surface area contributed by atoms with Crippen LogP contribution in [-0.2, 0) is 13.0 Å². The maximum Gasteiger partial charge on any atom is 0.182 e. The molecule has 0 amide bonds. The van der Waals surface area contributed by atoms with Gasteiger partial charge in [0.25, 0.3) is 0 Å². The van der Waals surface area contributed by atoms with Crippen LogP contribution in [0.2, 0.25) is 5.02 Å². The summed E-state index contributed by atoms with van der Waals surface area (Å²) in [4.78, 5) is 16.4. The smallest absolute Gasteiger partial charge is 0.182 e. The number of halogens is 1. The van der Waals surface area contributed by atoms with E-state index in [9.17, 15) is 4.79 Å². The van der Waals surface area contributed by atoms with Crippen LogP contribution >= 0.6 is 11.6 Å². The molecule has 2 heterocycles. The third-order valence-electron chi connectivity index (χ3n) is 2.83. The Morgan fingerprint density at radius 3 is 2.95 bits per heavy atom. The first kappa shape index (κ1) is 13.7.